The first-order valence-corrected chi connectivity index (χ1v) is 5.25. The van der Waals surface area contributed by atoms with Gasteiger partial charge in [0.1, 0.15) is 5.69 Å². The number of nitrogens with one attached hydrogen (secondary N) is 1. The van der Waals surface area contributed by atoms with Gasteiger partial charge in [0.05, 0.1) is 11.9 Å². The second-order valence-electron chi connectivity index (χ2n) is 3.97. The van der Waals surface area contributed by atoms with Crippen LogP contribution < -0.4 is 5.32 Å². The van der Waals surface area contributed by atoms with Gasteiger partial charge in [-0.15, -0.1) is 0 Å². The van der Waals surface area contributed by atoms with Crippen molar-refractivity contribution in [2.45, 2.75) is 26.8 Å². The molecule has 0 saturated carbocycles. The van der Waals surface area contributed by atoms with E-state index in [1.54, 1.807) is 6.20 Å². The third kappa shape index (κ3) is 3.27. The summed E-state index contributed by atoms with van der Waals surface area (Å²) in [6.45, 7) is 5.57. The molecule has 0 fully saturated rings. The van der Waals surface area contributed by atoms with Crippen LogP contribution in [0.5, 0.6) is 0 Å². The molecule has 2 N–H and O–H groups in total. The van der Waals surface area contributed by atoms with Crippen molar-refractivity contribution in [3.05, 3.63) is 23.8 Å². The van der Waals surface area contributed by atoms with Crippen LogP contribution in [0.4, 0.5) is 0 Å². The largest absolute Gasteiger partial charge is 0.396 e. The van der Waals surface area contributed by atoms with Gasteiger partial charge in [-0.05, 0) is 19.8 Å². The summed E-state index contributed by atoms with van der Waals surface area (Å²) in [5.74, 6) is -0.248. The summed E-state index contributed by atoms with van der Waals surface area (Å²) in [6.07, 6.45) is 3.00. The zero-order valence-electron chi connectivity index (χ0n) is 9.77. The summed E-state index contributed by atoms with van der Waals surface area (Å²) < 4.78 is 0. The molecule has 1 aromatic rings. The molecular weight excluding hydrogens is 206 g/mol. The van der Waals surface area contributed by atoms with E-state index in [1.807, 2.05) is 20.8 Å². The van der Waals surface area contributed by atoms with Crippen LogP contribution in [0, 0.1) is 12.8 Å². The average molecular weight is 223 g/mol. The van der Waals surface area contributed by atoms with Gasteiger partial charge in [-0.2, -0.15) is 0 Å². The maximum absolute atomic E-state index is 11.7. The Kier molecular flexibility index (Phi) is 4.37. The summed E-state index contributed by atoms with van der Waals surface area (Å²) in [7, 11) is 0. The lowest BCUT2D eigenvalue weighted by atomic mass is 10.1. The molecule has 0 aliphatic carbocycles. The smallest absolute Gasteiger partial charge is 0.271 e. The Hall–Kier alpha value is -1.49. The minimum absolute atomic E-state index is 0.0161. The van der Waals surface area contributed by atoms with Crippen LogP contribution in [0.25, 0.3) is 0 Å². The molecular formula is C11H17N3O2. The summed E-state index contributed by atoms with van der Waals surface area (Å²) in [4.78, 5) is 19.7. The average Bonchev–Trinajstić information content (AvgIpc) is 2.28. The molecule has 5 heteroatoms. The molecule has 0 saturated heterocycles. The highest BCUT2D eigenvalue weighted by molar-refractivity contribution is 5.92. The minimum Gasteiger partial charge on any atom is -0.396 e. The second-order valence-corrected chi connectivity index (χ2v) is 3.97. The number of hydrogen-bond donors (Lipinski definition) is 2. The number of carbonyl (C=O) groups excluding carboxylic acids is 1. The summed E-state index contributed by atoms with van der Waals surface area (Å²) in [6, 6.07) is -0.0967. The molecule has 0 bridgehead atoms. The van der Waals surface area contributed by atoms with Gasteiger partial charge in [-0.3, -0.25) is 9.78 Å². The van der Waals surface area contributed by atoms with E-state index in [0.29, 0.717) is 5.69 Å². The Bertz CT molecular complexity index is 351. The first kappa shape index (κ1) is 12.6. The molecule has 1 amide bonds. The molecule has 2 unspecified atom stereocenters. The van der Waals surface area contributed by atoms with Crippen molar-refractivity contribution in [3.8, 4) is 0 Å². The van der Waals surface area contributed by atoms with Crippen LogP contribution in [0.15, 0.2) is 12.4 Å². The van der Waals surface area contributed by atoms with Crippen molar-refractivity contribution in [3.63, 3.8) is 0 Å². The summed E-state index contributed by atoms with van der Waals surface area (Å²) in [5, 5.41) is 11.7. The number of nitrogens with zero attached hydrogens (tertiary/aromatic N) is 2. The molecule has 0 aliphatic rings. The van der Waals surface area contributed by atoms with Crippen molar-refractivity contribution in [1.29, 1.82) is 0 Å². The third-order valence-corrected chi connectivity index (χ3v) is 2.51. The van der Waals surface area contributed by atoms with Gasteiger partial charge in [0.15, 0.2) is 0 Å². The standard InChI is InChI=1S/C11H17N3O2/c1-7(6-15)9(3)14-11(16)10-5-12-8(2)4-13-10/h4-5,7,9,15H,6H2,1-3H3,(H,14,16). The van der Waals surface area contributed by atoms with Crippen molar-refractivity contribution in [2.75, 3.05) is 6.61 Å². The molecule has 1 heterocycles. The quantitative estimate of drug-likeness (QED) is 0.780. The van der Waals surface area contributed by atoms with Gasteiger partial charge >= 0.3 is 0 Å². The lowest BCUT2D eigenvalue weighted by Gasteiger charge is -2.18. The first-order valence-electron chi connectivity index (χ1n) is 5.25. The molecule has 1 aromatic heterocycles. The molecule has 1 rings (SSSR count). The lowest BCUT2D eigenvalue weighted by Crippen LogP contribution is -2.38. The molecule has 88 valence electrons. The molecule has 2 atom stereocenters. The fourth-order valence-electron chi connectivity index (χ4n) is 1.09. The number of aryl methyl sites for hydroxylation is 1. The highest BCUT2D eigenvalue weighted by atomic mass is 16.3. The van der Waals surface area contributed by atoms with Crippen molar-refractivity contribution in [1.82, 2.24) is 15.3 Å². The van der Waals surface area contributed by atoms with Crippen LogP contribution in [0.3, 0.4) is 0 Å². The predicted octanol–water partition coefficient (Wildman–Crippen LogP) is 0.532. The SMILES string of the molecule is Cc1cnc(C(=O)NC(C)C(C)CO)cn1. The topological polar surface area (TPSA) is 75.1 Å². The van der Waals surface area contributed by atoms with E-state index in [2.05, 4.69) is 15.3 Å². The number of carbonyl (C=O) groups is 1. The predicted molar refractivity (Wildman–Crippen MR) is 59.9 cm³/mol. The highest BCUT2D eigenvalue weighted by Crippen LogP contribution is 2.02. The number of amides is 1. The second kappa shape index (κ2) is 5.55. The fraction of sp³-hybridized carbons (Fsp3) is 0.545. The number of aliphatic hydroxyl groups excluding tert-OH is 1. The van der Waals surface area contributed by atoms with E-state index < -0.39 is 0 Å². The normalized spacial score (nSPS) is 14.2. The van der Waals surface area contributed by atoms with E-state index in [0.717, 1.165) is 5.69 Å². The third-order valence-electron chi connectivity index (χ3n) is 2.51. The summed E-state index contributed by atoms with van der Waals surface area (Å²) in [5.41, 5.74) is 1.07. The van der Waals surface area contributed by atoms with E-state index in [-0.39, 0.29) is 24.5 Å². The van der Waals surface area contributed by atoms with Crippen molar-refractivity contribution >= 4 is 5.91 Å². The molecule has 16 heavy (non-hydrogen) atoms. The Morgan fingerprint density at radius 1 is 1.44 bits per heavy atom. The van der Waals surface area contributed by atoms with Crippen LogP contribution >= 0.6 is 0 Å². The zero-order chi connectivity index (χ0) is 12.1. The monoisotopic (exact) mass is 223 g/mol. The molecule has 0 aromatic carbocycles. The van der Waals surface area contributed by atoms with Gasteiger partial charge in [0.25, 0.3) is 5.91 Å². The maximum Gasteiger partial charge on any atom is 0.271 e. The molecule has 5 nitrogen and oxygen atoms in total. The maximum atomic E-state index is 11.7. The summed E-state index contributed by atoms with van der Waals surface area (Å²) >= 11 is 0. The van der Waals surface area contributed by atoms with Gasteiger partial charge < -0.3 is 10.4 Å². The van der Waals surface area contributed by atoms with Gasteiger partial charge in [-0.1, -0.05) is 6.92 Å². The fourth-order valence-corrected chi connectivity index (χ4v) is 1.09. The Morgan fingerprint density at radius 2 is 2.12 bits per heavy atom. The molecule has 0 radical (unpaired) electrons. The van der Waals surface area contributed by atoms with E-state index in [1.165, 1.54) is 6.20 Å². The van der Waals surface area contributed by atoms with E-state index in [9.17, 15) is 4.79 Å². The molecule has 0 spiro atoms. The van der Waals surface area contributed by atoms with Gasteiger partial charge in [-0.25, -0.2) is 4.98 Å². The van der Waals surface area contributed by atoms with Gasteiger partial charge in [0.2, 0.25) is 0 Å². The lowest BCUT2D eigenvalue weighted by molar-refractivity contribution is 0.0911. The number of hydrogen-bond acceptors (Lipinski definition) is 4. The van der Waals surface area contributed by atoms with E-state index >= 15 is 0 Å². The molecule has 0 aliphatic heterocycles. The highest BCUT2D eigenvalue weighted by Gasteiger charge is 2.15. The Labute approximate surface area is 94.9 Å². The zero-order valence-corrected chi connectivity index (χ0v) is 9.77. The Balaban J connectivity index is 2.62. The van der Waals surface area contributed by atoms with Crippen LogP contribution in [0.1, 0.15) is 30.0 Å². The van der Waals surface area contributed by atoms with Gasteiger partial charge in [0, 0.05) is 18.8 Å². The number of rotatable bonds is 4. The number of aromatic nitrogens is 2. The van der Waals surface area contributed by atoms with Crippen molar-refractivity contribution in [2.24, 2.45) is 5.92 Å². The first-order chi connectivity index (χ1) is 7.54. The van der Waals surface area contributed by atoms with E-state index in [4.69, 9.17) is 5.11 Å². The minimum atomic E-state index is -0.264. The van der Waals surface area contributed by atoms with Crippen LogP contribution in [-0.4, -0.2) is 33.6 Å². The van der Waals surface area contributed by atoms with Crippen molar-refractivity contribution < 1.29 is 9.90 Å². The van der Waals surface area contributed by atoms with Crippen LogP contribution in [-0.2, 0) is 0 Å². The Morgan fingerprint density at radius 3 is 2.62 bits per heavy atom. The van der Waals surface area contributed by atoms with Crippen LogP contribution in [0.2, 0.25) is 0 Å². The number of aliphatic hydroxyl groups is 1.